The van der Waals surface area contributed by atoms with Gasteiger partial charge < -0.3 is 25.6 Å². The van der Waals surface area contributed by atoms with Gasteiger partial charge in [-0.05, 0) is 57.4 Å². The van der Waals surface area contributed by atoms with Gasteiger partial charge in [0.2, 0.25) is 11.8 Å². The Labute approximate surface area is 379 Å². The molecule has 0 aromatic rings. The minimum atomic E-state index is -1.39. The minimum Gasteiger partial charge on any atom is -0.480 e. The number of aliphatic carboxylic acids is 1. The fourth-order valence-corrected chi connectivity index (χ4v) is 7.45. The number of esters is 1. The van der Waals surface area contributed by atoms with Gasteiger partial charge in [0, 0.05) is 12.8 Å². The maximum Gasteiger partial charge on any atom is 0.328 e. The van der Waals surface area contributed by atoms with E-state index in [0.29, 0.717) is 12.8 Å². The lowest BCUT2D eigenvalue weighted by Gasteiger charge is -2.15. The van der Waals surface area contributed by atoms with Crippen molar-refractivity contribution in [3.63, 3.8) is 0 Å². The van der Waals surface area contributed by atoms with Crippen molar-refractivity contribution in [1.82, 2.24) is 10.6 Å². The largest absolute Gasteiger partial charge is 0.480 e. The molecule has 2 amide bonds. The number of hydrogen-bond acceptors (Lipinski definition) is 6. The van der Waals surface area contributed by atoms with Gasteiger partial charge in [-0.2, -0.15) is 0 Å². The van der Waals surface area contributed by atoms with Crippen molar-refractivity contribution < 1.29 is 34.1 Å². The molecule has 0 aliphatic rings. The molecule has 0 saturated heterocycles. The molecule has 0 bridgehead atoms. The lowest BCUT2D eigenvalue weighted by atomic mass is 10.0. The van der Waals surface area contributed by atoms with Crippen LogP contribution in [0.25, 0.3) is 0 Å². The molecule has 0 spiro atoms. The van der Waals surface area contributed by atoms with Crippen LogP contribution < -0.4 is 10.6 Å². The number of carbonyl (C=O) groups is 4. The van der Waals surface area contributed by atoms with Crippen LogP contribution >= 0.6 is 0 Å². The van der Waals surface area contributed by atoms with Crippen LogP contribution in [0.4, 0.5) is 0 Å². The summed E-state index contributed by atoms with van der Waals surface area (Å²) in [5.41, 5.74) is 0. The van der Waals surface area contributed by atoms with Crippen molar-refractivity contribution in [3.05, 3.63) is 48.6 Å². The summed E-state index contributed by atoms with van der Waals surface area (Å²) in [6.45, 7) is 3.37. The normalized spacial score (nSPS) is 12.8. The molecule has 0 aliphatic heterocycles. The zero-order chi connectivity index (χ0) is 45.4. The van der Waals surface area contributed by atoms with Crippen LogP contribution in [0.3, 0.4) is 0 Å². The first-order chi connectivity index (χ1) is 30.3. The van der Waals surface area contributed by atoms with Gasteiger partial charge in [0.05, 0.1) is 13.2 Å². The molecule has 0 aromatic carbocycles. The Morgan fingerprint density at radius 3 is 1.34 bits per heavy atom. The average molecular weight is 871 g/mol. The van der Waals surface area contributed by atoms with Gasteiger partial charge in [0.15, 0.2) is 0 Å². The van der Waals surface area contributed by atoms with Crippen molar-refractivity contribution >= 4 is 23.8 Å². The lowest BCUT2D eigenvalue weighted by molar-refractivity contribution is -0.147. The molecule has 9 heteroatoms. The summed E-state index contributed by atoms with van der Waals surface area (Å²) < 4.78 is 5.94. The van der Waals surface area contributed by atoms with Gasteiger partial charge in [0.25, 0.3) is 0 Å². The quantitative estimate of drug-likeness (QED) is 0.0271. The number of aliphatic hydroxyl groups is 1. The van der Waals surface area contributed by atoms with Crippen LogP contribution in [-0.4, -0.2) is 59.3 Å². The Bertz CT molecular complexity index is 1180. The zero-order valence-electron chi connectivity index (χ0n) is 39.9. The van der Waals surface area contributed by atoms with E-state index in [-0.39, 0.29) is 30.9 Å². The van der Waals surface area contributed by atoms with Gasteiger partial charge >= 0.3 is 11.9 Å². The molecule has 2 atom stereocenters. The van der Waals surface area contributed by atoms with E-state index < -0.39 is 24.5 Å². The first kappa shape index (κ1) is 58.8. The molecular formula is C53H94N2O7. The van der Waals surface area contributed by atoms with Gasteiger partial charge in [-0.3, -0.25) is 14.4 Å². The van der Waals surface area contributed by atoms with E-state index in [1.165, 1.54) is 135 Å². The Kier molecular flexibility index (Phi) is 44.8. The maximum atomic E-state index is 12.8. The number of amides is 2. The Morgan fingerprint density at radius 1 is 0.500 bits per heavy atom. The third kappa shape index (κ3) is 43.4. The molecule has 2 unspecified atom stereocenters. The van der Waals surface area contributed by atoms with Gasteiger partial charge in [-0.1, -0.05) is 217 Å². The van der Waals surface area contributed by atoms with E-state index in [0.717, 1.165) is 70.6 Å². The average Bonchev–Trinajstić information content (AvgIpc) is 3.26. The van der Waals surface area contributed by atoms with Crippen LogP contribution in [0.1, 0.15) is 239 Å². The Balaban J connectivity index is 4.21. The van der Waals surface area contributed by atoms with Crippen LogP contribution in [0, 0.1) is 0 Å². The number of rotatable bonds is 46. The summed E-state index contributed by atoms with van der Waals surface area (Å²) in [5, 5.41) is 22.6. The van der Waals surface area contributed by atoms with Crippen molar-refractivity contribution in [2.24, 2.45) is 0 Å². The molecule has 0 rings (SSSR count). The third-order valence-electron chi connectivity index (χ3n) is 11.3. The summed E-state index contributed by atoms with van der Waals surface area (Å²) >= 11 is 0. The number of allylic oxidation sites excluding steroid dienone is 7. The Morgan fingerprint density at radius 2 is 0.903 bits per heavy atom. The second-order valence-electron chi connectivity index (χ2n) is 17.2. The van der Waals surface area contributed by atoms with Crippen LogP contribution in [0.2, 0.25) is 0 Å². The number of ether oxygens (including phenoxy) is 1. The fraction of sp³-hybridized carbons (Fsp3) is 0.774. The molecule has 62 heavy (non-hydrogen) atoms. The molecule has 0 radical (unpaired) electrons. The predicted molar refractivity (Wildman–Crippen MR) is 259 cm³/mol. The summed E-state index contributed by atoms with van der Waals surface area (Å²) in [6.07, 6.45) is 57.5. The highest BCUT2D eigenvalue weighted by molar-refractivity contribution is 5.87. The SMILES string of the molecule is CC/C=C\C/C=C\C/C=C\C/C=C\C(CCCCCCCC(=O)NCC(=O)NC(CO)C(=O)O)OC(=O)CCCCCCCCCCCCCCCCCCCCCCCCC. The van der Waals surface area contributed by atoms with Crippen molar-refractivity contribution in [1.29, 1.82) is 0 Å². The molecule has 358 valence electrons. The van der Waals surface area contributed by atoms with Crippen molar-refractivity contribution in [3.8, 4) is 0 Å². The smallest absolute Gasteiger partial charge is 0.328 e. The maximum absolute atomic E-state index is 12.8. The molecular weight excluding hydrogens is 777 g/mol. The molecule has 0 fully saturated rings. The highest BCUT2D eigenvalue weighted by Gasteiger charge is 2.18. The number of nitrogens with one attached hydrogen (secondary N) is 2. The summed E-state index contributed by atoms with van der Waals surface area (Å²) in [4.78, 5) is 47.7. The van der Waals surface area contributed by atoms with Crippen molar-refractivity contribution in [2.75, 3.05) is 13.2 Å². The summed E-state index contributed by atoms with van der Waals surface area (Å²) in [6, 6.07) is -1.39. The first-order valence-electron chi connectivity index (χ1n) is 25.5. The first-order valence-corrected chi connectivity index (χ1v) is 25.5. The van der Waals surface area contributed by atoms with Crippen LogP contribution in [0.15, 0.2) is 48.6 Å². The Hall–Kier alpha value is -3.20. The molecule has 9 nitrogen and oxygen atoms in total. The minimum absolute atomic E-state index is 0.115. The van der Waals surface area contributed by atoms with Crippen molar-refractivity contribution in [2.45, 2.75) is 251 Å². The molecule has 0 saturated carbocycles. The predicted octanol–water partition coefficient (Wildman–Crippen LogP) is 13.5. The highest BCUT2D eigenvalue weighted by Crippen LogP contribution is 2.17. The standard InChI is InChI=1S/C53H94N2O7/c1-3-5-7-9-11-13-15-16-17-18-19-20-21-22-23-24-25-26-28-30-32-37-41-45-52(59)62-48(42-38-34-31-29-27-14-12-10-8-6-4-2)43-39-35-33-36-40-44-50(57)54-46-51(58)55-49(47-56)53(60)61/h6,8,12,14,29,31,38,42,48-49,56H,3-5,7,9-11,13,15-28,30,32-37,39-41,43-47H2,1-2H3,(H,54,57)(H,55,58)(H,60,61)/b8-6-,14-12-,31-29-,42-38-. The van der Waals surface area contributed by atoms with E-state index in [2.05, 4.69) is 67.0 Å². The summed E-state index contributed by atoms with van der Waals surface area (Å²) in [7, 11) is 0. The van der Waals surface area contributed by atoms with E-state index >= 15 is 0 Å². The number of aliphatic hydroxyl groups excluding tert-OH is 1. The van der Waals surface area contributed by atoms with E-state index in [1.54, 1.807) is 0 Å². The van der Waals surface area contributed by atoms with Gasteiger partial charge in [-0.15, -0.1) is 0 Å². The van der Waals surface area contributed by atoms with E-state index in [1.807, 2.05) is 6.08 Å². The number of carboxylic acids is 1. The fourth-order valence-electron chi connectivity index (χ4n) is 7.45. The number of hydrogen-bond donors (Lipinski definition) is 4. The topological polar surface area (TPSA) is 142 Å². The molecule has 4 N–H and O–H groups in total. The number of unbranched alkanes of at least 4 members (excludes halogenated alkanes) is 26. The molecule has 0 heterocycles. The number of carboxylic acid groups (broad SMARTS) is 1. The second-order valence-corrected chi connectivity index (χ2v) is 17.2. The monoisotopic (exact) mass is 871 g/mol. The van der Waals surface area contributed by atoms with Crippen LogP contribution in [0.5, 0.6) is 0 Å². The van der Waals surface area contributed by atoms with E-state index in [4.69, 9.17) is 14.9 Å². The highest BCUT2D eigenvalue weighted by atomic mass is 16.5. The van der Waals surface area contributed by atoms with Gasteiger partial charge in [0.1, 0.15) is 12.1 Å². The second kappa shape index (κ2) is 47.3. The lowest BCUT2D eigenvalue weighted by Crippen LogP contribution is -2.47. The molecule has 0 aliphatic carbocycles. The zero-order valence-corrected chi connectivity index (χ0v) is 39.9. The number of carbonyl (C=O) groups excluding carboxylic acids is 3. The summed E-state index contributed by atoms with van der Waals surface area (Å²) in [5.74, 6) is -2.39. The third-order valence-corrected chi connectivity index (χ3v) is 11.3. The molecule has 0 aromatic heterocycles. The van der Waals surface area contributed by atoms with Gasteiger partial charge in [-0.25, -0.2) is 4.79 Å². The van der Waals surface area contributed by atoms with Crippen LogP contribution in [-0.2, 0) is 23.9 Å². The van der Waals surface area contributed by atoms with E-state index in [9.17, 15) is 19.2 Å².